The van der Waals surface area contributed by atoms with E-state index in [0.717, 1.165) is 16.6 Å². The van der Waals surface area contributed by atoms with E-state index >= 15 is 0 Å². The molecule has 0 bridgehead atoms. The largest absolute Gasteiger partial charge is 0.493 e. The average molecular weight is 457 g/mol. The third-order valence-electron chi connectivity index (χ3n) is 4.78. The maximum absolute atomic E-state index is 12.4. The number of ether oxygens (including phenoxy) is 1. The Balaban J connectivity index is 1.51. The number of nitrogens with zero attached hydrogens (tertiary/aromatic N) is 3. The number of aryl methyl sites for hydroxylation is 1. The van der Waals surface area contributed by atoms with Gasteiger partial charge >= 0.3 is 0 Å². The predicted molar refractivity (Wildman–Crippen MR) is 123 cm³/mol. The van der Waals surface area contributed by atoms with Gasteiger partial charge in [-0.05, 0) is 49.7 Å². The van der Waals surface area contributed by atoms with Crippen LogP contribution >= 0.6 is 23.4 Å². The summed E-state index contributed by atoms with van der Waals surface area (Å²) < 4.78 is 13.3. The topological polar surface area (TPSA) is 82.2 Å². The molecule has 4 rings (SSSR count). The number of hydrogen-bond acceptors (Lipinski definition) is 6. The molecule has 0 spiro atoms. The number of benzene rings is 2. The smallest absolute Gasteiger partial charge is 0.234 e. The molecule has 0 aliphatic rings. The lowest BCUT2D eigenvalue weighted by atomic mass is 10.2. The van der Waals surface area contributed by atoms with Gasteiger partial charge < -0.3 is 14.5 Å². The predicted octanol–water partition coefficient (Wildman–Crippen LogP) is 5.41. The lowest BCUT2D eigenvalue weighted by molar-refractivity contribution is -0.113. The van der Waals surface area contributed by atoms with Gasteiger partial charge in [0, 0.05) is 22.6 Å². The van der Waals surface area contributed by atoms with Crippen LogP contribution in [0.4, 0.5) is 5.69 Å². The van der Waals surface area contributed by atoms with E-state index in [9.17, 15) is 4.79 Å². The van der Waals surface area contributed by atoms with Gasteiger partial charge in [0.15, 0.2) is 22.2 Å². The molecule has 0 aliphatic carbocycles. The minimum absolute atomic E-state index is 0.129. The maximum atomic E-state index is 12.4. The molecule has 0 aliphatic heterocycles. The Morgan fingerprint density at radius 1 is 1.26 bits per heavy atom. The highest BCUT2D eigenvalue weighted by Gasteiger charge is 2.19. The summed E-state index contributed by atoms with van der Waals surface area (Å²) in [4.78, 5) is 12.4. The molecule has 0 unspecified atom stereocenters. The van der Waals surface area contributed by atoms with Gasteiger partial charge in [-0.25, -0.2) is 0 Å². The summed E-state index contributed by atoms with van der Waals surface area (Å²) in [5, 5.41) is 13.7. The van der Waals surface area contributed by atoms with Crippen LogP contribution in [0.3, 0.4) is 0 Å². The van der Waals surface area contributed by atoms with Gasteiger partial charge in [-0.3, -0.25) is 9.36 Å². The standard InChI is InChI=1S/C22H21ClN4O3S/c1-4-27-21(18-11-14-6-5-7-17(29-3)20(14)30-18)25-26-22(27)31-12-19(28)24-16-9-8-15(23)10-13(16)2/h5-11H,4,12H2,1-3H3,(H,24,28). The molecule has 7 nitrogen and oxygen atoms in total. The van der Waals surface area contributed by atoms with Gasteiger partial charge in [0.1, 0.15) is 0 Å². The number of carbonyl (C=O) groups is 1. The quantitative estimate of drug-likeness (QED) is 0.374. The average Bonchev–Trinajstić information content (AvgIpc) is 3.37. The molecule has 0 fully saturated rings. The van der Waals surface area contributed by atoms with Crippen molar-refractivity contribution in [3.8, 4) is 17.3 Å². The first-order chi connectivity index (χ1) is 15.0. The second kappa shape index (κ2) is 9.03. The minimum Gasteiger partial charge on any atom is -0.493 e. The van der Waals surface area contributed by atoms with Crippen molar-refractivity contribution in [1.82, 2.24) is 14.8 Å². The summed E-state index contributed by atoms with van der Waals surface area (Å²) in [6.45, 7) is 4.53. The lowest BCUT2D eigenvalue weighted by Gasteiger charge is -2.09. The summed E-state index contributed by atoms with van der Waals surface area (Å²) in [6.07, 6.45) is 0. The van der Waals surface area contributed by atoms with E-state index in [-0.39, 0.29) is 11.7 Å². The number of fused-ring (bicyclic) bond motifs is 1. The van der Waals surface area contributed by atoms with Crippen LogP contribution in [0.2, 0.25) is 5.02 Å². The SMILES string of the molecule is CCn1c(SCC(=O)Nc2ccc(Cl)cc2C)nnc1-c1cc2cccc(OC)c2o1. The van der Waals surface area contributed by atoms with Gasteiger partial charge in [0.2, 0.25) is 11.7 Å². The first-order valence-electron chi connectivity index (χ1n) is 9.69. The zero-order chi connectivity index (χ0) is 22.0. The fraction of sp³-hybridized carbons (Fsp3) is 0.227. The van der Waals surface area contributed by atoms with Crippen molar-refractivity contribution < 1.29 is 13.9 Å². The van der Waals surface area contributed by atoms with E-state index in [1.54, 1.807) is 19.2 Å². The maximum Gasteiger partial charge on any atom is 0.234 e. The van der Waals surface area contributed by atoms with Gasteiger partial charge in [-0.1, -0.05) is 35.5 Å². The van der Waals surface area contributed by atoms with Crippen LogP contribution < -0.4 is 10.1 Å². The Hall–Kier alpha value is -2.97. The summed E-state index contributed by atoms with van der Waals surface area (Å²) >= 11 is 7.30. The fourth-order valence-electron chi connectivity index (χ4n) is 3.25. The number of hydrogen-bond donors (Lipinski definition) is 1. The number of para-hydroxylation sites is 1. The molecule has 0 saturated carbocycles. The molecule has 31 heavy (non-hydrogen) atoms. The Morgan fingerprint density at radius 2 is 2.10 bits per heavy atom. The summed E-state index contributed by atoms with van der Waals surface area (Å²) in [5.74, 6) is 1.94. The van der Waals surface area contributed by atoms with E-state index in [1.807, 2.05) is 48.7 Å². The molecular formula is C22H21ClN4O3S. The van der Waals surface area contributed by atoms with Crippen molar-refractivity contribution in [3.05, 3.63) is 53.1 Å². The van der Waals surface area contributed by atoms with Gasteiger partial charge in [0.05, 0.1) is 12.9 Å². The number of furan rings is 1. The van der Waals surface area contributed by atoms with Crippen LogP contribution in [-0.4, -0.2) is 33.5 Å². The van der Waals surface area contributed by atoms with Crippen molar-refractivity contribution in [2.75, 3.05) is 18.2 Å². The third kappa shape index (κ3) is 4.40. The van der Waals surface area contributed by atoms with E-state index in [0.29, 0.717) is 39.6 Å². The van der Waals surface area contributed by atoms with Crippen molar-refractivity contribution in [1.29, 1.82) is 0 Å². The molecule has 2 heterocycles. The molecular weight excluding hydrogens is 436 g/mol. The number of carbonyl (C=O) groups excluding carboxylic acids is 1. The second-order valence-corrected chi connectivity index (χ2v) is 8.21. The minimum atomic E-state index is -0.129. The summed E-state index contributed by atoms with van der Waals surface area (Å²) in [6, 6.07) is 13.0. The number of anilines is 1. The Morgan fingerprint density at radius 3 is 2.84 bits per heavy atom. The molecule has 1 amide bonds. The highest BCUT2D eigenvalue weighted by Crippen LogP contribution is 2.33. The highest BCUT2D eigenvalue weighted by molar-refractivity contribution is 7.99. The number of halogens is 1. The van der Waals surface area contributed by atoms with Gasteiger partial charge in [-0.15, -0.1) is 10.2 Å². The highest BCUT2D eigenvalue weighted by atomic mass is 35.5. The monoisotopic (exact) mass is 456 g/mol. The molecule has 1 N–H and O–H groups in total. The number of nitrogens with one attached hydrogen (secondary N) is 1. The van der Waals surface area contributed by atoms with Crippen LogP contribution in [0, 0.1) is 6.92 Å². The Bertz CT molecular complexity index is 1250. The number of thioether (sulfide) groups is 1. The number of methoxy groups -OCH3 is 1. The summed E-state index contributed by atoms with van der Waals surface area (Å²) in [7, 11) is 1.61. The third-order valence-corrected chi connectivity index (χ3v) is 5.98. The van der Waals surface area contributed by atoms with Crippen LogP contribution in [0.5, 0.6) is 5.75 Å². The van der Waals surface area contributed by atoms with Crippen LogP contribution in [-0.2, 0) is 11.3 Å². The second-order valence-electron chi connectivity index (χ2n) is 6.84. The number of amides is 1. The first-order valence-corrected chi connectivity index (χ1v) is 11.1. The van der Waals surface area contributed by atoms with Crippen LogP contribution in [0.1, 0.15) is 12.5 Å². The van der Waals surface area contributed by atoms with Crippen LogP contribution in [0.15, 0.2) is 52.0 Å². The zero-order valence-corrected chi connectivity index (χ0v) is 18.9. The van der Waals surface area contributed by atoms with Gasteiger partial charge in [0.25, 0.3) is 0 Å². The molecule has 2 aromatic carbocycles. The lowest BCUT2D eigenvalue weighted by Crippen LogP contribution is -2.15. The number of rotatable bonds is 7. The van der Waals surface area contributed by atoms with Crippen molar-refractivity contribution >= 4 is 45.9 Å². The van der Waals surface area contributed by atoms with E-state index < -0.39 is 0 Å². The Labute approximate surface area is 188 Å². The van der Waals surface area contributed by atoms with Gasteiger partial charge in [-0.2, -0.15) is 0 Å². The van der Waals surface area contributed by atoms with Crippen molar-refractivity contribution in [2.24, 2.45) is 0 Å². The van der Waals surface area contributed by atoms with Crippen LogP contribution in [0.25, 0.3) is 22.6 Å². The molecule has 160 valence electrons. The Kier molecular flexibility index (Phi) is 6.20. The molecule has 0 saturated heterocycles. The van der Waals surface area contributed by atoms with Crippen molar-refractivity contribution in [2.45, 2.75) is 25.5 Å². The van der Waals surface area contributed by atoms with E-state index in [2.05, 4.69) is 15.5 Å². The van der Waals surface area contributed by atoms with E-state index in [1.165, 1.54) is 11.8 Å². The van der Waals surface area contributed by atoms with Crippen molar-refractivity contribution in [3.63, 3.8) is 0 Å². The molecule has 2 aromatic heterocycles. The first kappa shape index (κ1) is 21.3. The molecule has 9 heteroatoms. The normalized spacial score (nSPS) is 11.1. The molecule has 4 aromatic rings. The fourth-order valence-corrected chi connectivity index (χ4v) is 4.28. The van der Waals surface area contributed by atoms with E-state index in [4.69, 9.17) is 20.8 Å². The zero-order valence-electron chi connectivity index (χ0n) is 17.3. The summed E-state index contributed by atoms with van der Waals surface area (Å²) in [5.41, 5.74) is 2.31. The molecule has 0 atom stereocenters. The molecule has 0 radical (unpaired) electrons. The number of aromatic nitrogens is 3.